The summed E-state index contributed by atoms with van der Waals surface area (Å²) in [4.78, 5) is 17.7. The Bertz CT molecular complexity index is 1640. The molecule has 0 saturated carbocycles. The van der Waals surface area contributed by atoms with Gasteiger partial charge in [0.2, 0.25) is 6.79 Å². The van der Waals surface area contributed by atoms with Crippen LogP contribution in [0.1, 0.15) is 46.4 Å². The Balaban J connectivity index is 1.12. The first-order valence-corrected chi connectivity index (χ1v) is 14.9. The fourth-order valence-electron chi connectivity index (χ4n) is 4.65. The Morgan fingerprint density at radius 3 is 1.57 bits per heavy atom. The molecule has 0 fully saturated rings. The van der Waals surface area contributed by atoms with Crippen molar-refractivity contribution in [3.8, 4) is 23.0 Å². The standard InChI is InChI=1S/C38H36O8/c1-27-8-12-30(13-9-27)38(46-40)31-14-18-35(19-15-31)45-37(39)24-36(29-6-4-3-5-7-29)44-26-43-34-22-20-33(21-23-34)42-25-41-32-16-10-28(2)11-17-32/h3-23,36,38,40H,24-26H2,1-2H3. The summed E-state index contributed by atoms with van der Waals surface area (Å²) in [5.41, 5.74) is 4.59. The molecule has 0 spiro atoms. The van der Waals surface area contributed by atoms with Gasteiger partial charge in [0, 0.05) is 0 Å². The molecule has 8 heteroatoms. The van der Waals surface area contributed by atoms with Crippen LogP contribution >= 0.6 is 0 Å². The van der Waals surface area contributed by atoms with Gasteiger partial charge in [-0.2, -0.15) is 0 Å². The highest BCUT2D eigenvalue weighted by Gasteiger charge is 2.20. The van der Waals surface area contributed by atoms with E-state index in [2.05, 4.69) is 0 Å². The summed E-state index contributed by atoms with van der Waals surface area (Å²) < 4.78 is 28.7. The molecule has 5 rings (SSSR count). The Hall–Kier alpha value is -5.15. The average Bonchev–Trinajstić information content (AvgIpc) is 3.08. The normalized spacial score (nSPS) is 12.2. The molecule has 0 amide bonds. The largest absolute Gasteiger partial charge is 0.468 e. The van der Waals surface area contributed by atoms with Crippen LogP contribution in [-0.4, -0.2) is 24.8 Å². The van der Waals surface area contributed by atoms with Gasteiger partial charge in [0.1, 0.15) is 29.1 Å². The summed E-state index contributed by atoms with van der Waals surface area (Å²) in [7, 11) is 0. The van der Waals surface area contributed by atoms with Crippen LogP contribution in [-0.2, 0) is 14.4 Å². The second-order valence-electron chi connectivity index (χ2n) is 10.7. The van der Waals surface area contributed by atoms with Gasteiger partial charge in [-0.3, -0.25) is 10.1 Å². The summed E-state index contributed by atoms with van der Waals surface area (Å²) in [5, 5.41) is 9.53. The minimum atomic E-state index is -0.664. The molecular formula is C38H36O8. The third kappa shape index (κ3) is 9.42. The average molecular weight is 621 g/mol. The Morgan fingerprint density at radius 1 is 0.565 bits per heavy atom. The van der Waals surface area contributed by atoms with Crippen molar-refractivity contribution < 1.29 is 38.6 Å². The number of hydrogen-bond acceptors (Lipinski definition) is 8. The van der Waals surface area contributed by atoms with Gasteiger partial charge in [-0.15, -0.1) is 0 Å². The third-order valence-electron chi connectivity index (χ3n) is 7.21. The number of rotatable bonds is 15. The van der Waals surface area contributed by atoms with E-state index in [-0.39, 0.29) is 20.0 Å². The molecule has 1 N–H and O–H groups in total. The number of hydrogen-bond donors (Lipinski definition) is 1. The number of carbonyl (C=O) groups excluding carboxylic acids is 1. The van der Waals surface area contributed by atoms with Gasteiger partial charge in [-0.25, -0.2) is 4.89 Å². The molecule has 0 saturated heterocycles. The van der Waals surface area contributed by atoms with Crippen LogP contribution < -0.4 is 18.9 Å². The summed E-state index contributed by atoms with van der Waals surface area (Å²) in [5.74, 6) is 1.84. The van der Waals surface area contributed by atoms with E-state index in [0.717, 1.165) is 28.0 Å². The minimum Gasteiger partial charge on any atom is -0.468 e. The molecule has 0 bridgehead atoms. The van der Waals surface area contributed by atoms with E-state index < -0.39 is 18.2 Å². The molecule has 2 unspecified atom stereocenters. The Morgan fingerprint density at radius 2 is 1.02 bits per heavy atom. The van der Waals surface area contributed by atoms with Crippen molar-refractivity contribution in [3.05, 3.63) is 155 Å². The molecule has 0 radical (unpaired) electrons. The van der Waals surface area contributed by atoms with Gasteiger partial charge in [-0.05, 0) is 79.1 Å². The molecular weight excluding hydrogens is 584 g/mol. The lowest BCUT2D eigenvalue weighted by Gasteiger charge is -2.18. The van der Waals surface area contributed by atoms with Crippen LogP contribution in [0.15, 0.2) is 127 Å². The fraction of sp³-hybridized carbons (Fsp3) is 0.184. The second-order valence-corrected chi connectivity index (χ2v) is 10.7. The molecule has 2 atom stereocenters. The van der Waals surface area contributed by atoms with Gasteiger partial charge in [0.25, 0.3) is 0 Å². The molecule has 0 aliphatic heterocycles. The summed E-state index contributed by atoms with van der Waals surface area (Å²) in [6.45, 7) is 4.00. The van der Waals surface area contributed by atoms with Crippen molar-refractivity contribution in [1.82, 2.24) is 0 Å². The molecule has 46 heavy (non-hydrogen) atoms. The predicted molar refractivity (Wildman–Crippen MR) is 173 cm³/mol. The zero-order chi connectivity index (χ0) is 32.1. The summed E-state index contributed by atoms with van der Waals surface area (Å²) >= 11 is 0. The van der Waals surface area contributed by atoms with Crippen molar-refractivity contribution in [1.29, 1.82) is 0 Å². The zero-order valence-electron chi connectivity index (χ0n) is 25.7. The maximum atomic E-state index is 13.0. The van der Waals surface area contributed by atoms with Crippen molar-refractivity contribution in [3.63, 3.8) is 0 Å². The Kier molecular flexibility index (Phi) is 11.4. The first-order chi connectivity index (χ1) is 22.5. The van der Waals surface area contributed by atoms with Crippen molar-refractivity contribution in [2.24, 2.45) is 0 Å². The molecule has 0 aliphatic rings. The summed E-state index contributed by atoms with van der Waals surface area (Å²) in [6.07, 6.45) is -1.29. The van der Waals surface area contributed by atoms with Crippen LogP contribution in [0.25, 0.3) is 0 Å². The highest BCUT2D eigenvalue weighted by Crippen LogP contribution is 2.28. The lowest BCUT2D eigenvalue weighted by molar-refractivity contribution is -0.270. The highest BCUT2D eigenvalue weighted by atomic mass is 17.1. The number of ether oxygens (including phenoxy) is 5. The number of benzene rings is 5. The minimum absolute atomic E-state index is 0.0331. The molecule has 0 aliphatic carbocycles. The van der Waals surface area contributed by atoms with Gasteiger partial charge in [0.05, 0.1) is 12.5 Å². The SMILES string of the molecule is Cc1ccc(OCOc2ccc(OCOC(CC(=O)Oc3ccc(C(OO)c4ccc(C)cc4)cc3)c3ccccc3)cc2)cc1. The lowest BCUT2D eigenvalue weighted by atomic mass is 10.0. The van der Waals surface area contributed by atoms with E-state index in [0.29, 0.717) is 22.8 Å². The van der Waals surface area contributed by atoms with E-state index in [4.69, 9.17) is 28.6 Å². The van der Waals surface area contributed by atoms with E-state index in [1.54, 1.807) is 48.5 Å². The third-order valence-corrected chi connectivity index (χ3v) is 7.21. The molecule has 0 heterocycles. The van der Waals surface area contributed by atoms with E-state index in [9.17, 15) is 10.1 Å². The molecule has 5 aromatic rings. The molecule has 0 aromatic heterocycles. The molecule has 5 aromatic carbocycles. The van der Waals surface area contributed by atoms with Crippen LogP contribution in [0.3, 0.4) is 0 Å². The smallest absolute Gasteiger partial charge is 0.314 e. The van der Waals surface area contributed by atoms with E-state index >= 15 is 0 Å². The first-order valence-electron chi connectivity index (χ1n) is 14.9. The second kappa shape index (κ2) is 16.2. The van der Waals surface area contributed by atoms with E-state index in [1.807, 2.05) is 92.7 Å². The fourth-order valence-corrected chi connectivity index (χ4v) is 4.65. The number of aryl methyl sites for hydroxylation is 2. The number of carbonyl (C=O) groups is 1. The maximum absolute atomic E-state index is 13.0. The van der Waals surface area contributed by atoms with Crippen molar-refractivity contribution >= 4 is 5.97 Å². The lowest BCUT2D eigenvalue weighted by Crippen LogP contribution is -2.17. The maximum Gasteiger partial charge on any atom is 0.314 e. The number of esters is 1. The Labute approximate surface area is 268 Å². The quantitative estimate of drug-likeness (QED) is 0.0410. The van der Waals surface area contributed by atoms with Gasteiger partial charge in [-0.1, -0.05) is 90.0 Å². The highest BCUT2D eigenvalue weighted by molar-refractivity contribution is 5.73. The van der Waals surface area contributed by atoms with Crippen LogP contribution in [0.4, 0.5) is 0 Å². The van der Waals surface area contributed by atoms with Gasteiger partial charge < -0.3 is 23.7 Å². The molecule has 8 nitrogen and oxygen atoms in total. The van der Waals surface area contributed by atoms with Gasteiger partial charge in [0.15, 0.2) is 6.79 Å². The zero-order valence-corrected chi connectivity index (χ0v) is 25.7. The van der Waals surface area contributed by atoms with Crippen LogP contribution in [0.5, 0.6) is 23.0 Å². The van der Waals surface area contributed by atoms with Crippen LogP contribution in [0.2, 0.25) is 0 Å². The van der Waals surface area contributed by atoms with Crippen molar-refractivity contribution in [2.75, 3.05) is 13.6 Å². The summed E-state index contributed by atoms with van der Waals surface area (Å²) in [6, 6.07) is 38.8. The van der Waals surface area contributed by atoms with E-state index in [1.165, 1.54) is 0 Å². The van der Waals surface area contributed by atoms with Crippen LogP contribution in [0, 0.1) is 13.8 Å². The first kappa shape index (κ1) is 32.2. The monoisotopic (exact) mass is 620 g/mol. The van der Waals surface area contributed by atoms with Gasteiger partial charge >= 0.3 is 5.97 Å². The van der Waals surface area contributed by atoms with Crippen molar-refractivity contribution in [2.45, 2.75) is 32.5 Å². The molecule has 236 valence electrons. The topological polar surface area (TPSA) is 92.7 Å². The predicted octanol–water partition coefficient (Wildman–Crippen LogP) is 8.39.